The monoisotopic (exact) mass is 427 g/mol. The number of rotatable bonds is 5. The predicted molar refractivity (Wildman–Crippen MR) is 115 cm³/mol. The number of aromatic nitrogens is 1. The van der Waals surface area contributed by atoms with Crippen LogP contribution in [0.1, 0.15) is 37.8 Å². The highest BCUT2D eigenvalue weighted by molar-refractivity contribution is 9.10. The second-order valence-electron chi connectivity index (χ2n) is 6.27. The molecule has 0 amide bonds. The Morgan fingerprint density at radius 2 is 1.92 bits per heavy atom. The summed E-state index contributed by atoms with van der Waals surface area (Å²) in [6.45, 7) is 7.18. The van der Waals surface area contributed by atoms with Gasteiger partial charge < -0.3 is 0 Å². The van der Waals surface area contributed by atoms with Crippen LogP contribution in [0.3, 0.4) is 0 Å². The third-order valence-electron chi connectivity index (χ3n) is 4.02. The summed E-state index contributed by atoms with van der Waals surface area (Å²) in [7, 11) is 0. The van der Waals surface area contributed by atoms with Crippen molar-refractivity contribution in [2.24, 2.45) is 10.1 Å². The smallest absolute Gasteiger partial charge is 0.206 e. The zero-order chi connectivity index (χ0) is 18.5. The molecule has 0 saturated heterocycles. The van der Waals surface area contributed by atoms with Gasteiger partial charge in [0.1, 0.15) is 0 Å². The van der Waals surface area contributed by atoms with Gasteiger partial charge in [0.25, 0.3) is 0 Å². The van der Waals surface area contributed by atoms with Crippen LogP contribution in [0.5, 0.6) is 0 Å². The highest BCUT2D eigenvalue weighted by Gasteiger charge is 2.07. The van der Waals surface area contributed by atoms with Crippen LogP contribution in [-0.4, -0.2) is 17.4 Å². The van der Waals surface area contributed by atoms with Crippen LogP contribution in [0.2, 0.25) is 0 Å². The summed E-state index contributed by atoms with van der Waals surface area (Å²) >= 11 is 5.16. The summed E-state index contributed by atoms with van der Waals surface area (Å²) in [4.78, 5) is 5.48. The second-order valence-corrected chi connectivity index (χ2v) is 8.02. The van der Waals surface area contributed by atoms with Gasteiger partial charge in [0.05, 0.1) is 11.9 Å². The third kappa shape index (κ3) is 4.40. The zero-order valence-corrected chi connectivity index (χ0v) is 17.6. The molecule has 0 bridgehead atoms. The van der Waals surface area contributed by atoms with Crippen molar-refractivity contribution in [1.29, 1.82) is 0 Å². The van der Waals surface area contributed by atoms with Crippen LogP contribution in [0.15, 0.2) is 68.5 Å². The van der Waals surface area contributed by atoms with E-state index in [9.17, 15) is 0 Å². The Morgan fingerprint density at radius 1 is 1.15 bits per heavy atom. The third-order valence-corrected chi connectivity index (χ3v) is 5.37. The first-order valence-corrected chi connectivity index (χ1v) is 10.4. The summed E-state index contributed by atoms with van der Waals surface area (Å²) in [5.74, 6) is 0.533. The van der Waals surface area contributed by atoms with E-state index in [1.807, 2.05) is 29.9 Å². The Bertz CT molecular complexity index is 965. The van der Waals surface area contributed by atoms with E-state index in [2.05, 4.69) is 76.5 Å². The summed E-state index contributed by atoms with van der Waals surface area (Å²) in [5.41, 5.74) is 4.57. The van der Waals surface area contributed by atoms with Crippen LogP contribution < -0.4 is 4.80 Å². The minimum Gasteiger partial charge on any atom is -0.258 e. The average Bonchev–Trinajstić information content (AvgIpc) is 3.03. The summed E-state index contributed by atoms with van der Waals surface area (Å²) in [6, 6.07) is 16.8. The molecule has 0 saturated carbocycles. The van der Waals surface area contributed by atoms with Crippen LogP contribution in [0.25, 0.3) is 11.3 Å². The van der Waals surface area contributed by atoms with Crippen molar-refractivity contribution in [2.75, 3.05) is 6.54 Å². The molecule has 3 nitrogen and oxygen atoms in total. The van der Waals surface area contributed by atoms with Crippen molar-refractivity contribution in [3.63, 3.8) is 0 Å². The van der Waals surface area contributed by atoms with Crippen molar-refractivity contribution < 1.29 is 0 Å². The topological polar surface area (TPSA) is 29.6 Å². The lowest BCUT2D eigenvalue weighted by Crippen LogP contribution is -2.12. The van der Waals surface area contributed by atoms with Crippen LogP contribution >= 0.6 is 27.3 Å². The SMILES string of the molecule is CCN=c1scc(-c2cccc(Br)c2)n1/N=C/c1ccc(C(C)C)cc1. The first-order chi connectivity index (χ1) is 12.6. The molecule has 0 unspecified atom stereocenters. The van der Waals surface area contributed by atoms with Gasteiger partial charge in [0.15, 0.2) is 0 Å². The molecule has 1 heterocycles. The molecule has 0 aliphatic carbocycles. The molecular weight excluding hydrogens is 406 g/mol. The van der Waals surface area contributed by atoms with E-state index in [-0.39, 0.29) is 0 Å². The predicted octanol–water partition coefficient (Wildman–Crippen LogP) is 5.91. The zero-order valence-electron chi connectivity index (χ0n) is 15.2. The van der Waals surface area contributed by atoms with Gasteiger partial charge >= 0.3 is 0 Å². The first-order valence-electron chi connectivity index (χ1n) is 8.69. The molecule has 0 atom stereocenters. The maximum absolute atomic E-state index is 4.73. The highest BCUT2D eigenvalue weighted by Crippen LogP contribution is 2.23. The normalized spacial score (nSPS) is 12.4. The molecular formula is C21H22BrN3S. The van der Waals surface area contributed by atoms with Crippen LogP contribution in [-0.2, 0) is 0 Å². The number of thiazole rings is 1. The summed E-state index contributed by atoms with van der Waals surface area (Å²) in [6.07, 6.45) is 1.90. The van der Waals surface area contributed by atoms with Crippen molar-refractivity contribution in [1.82, 2.24) is 4.68 Å². The Morgan fingerprint density at radius 3 is 2.58 bits per heavy atom. The fourth-order valence-corrected chi connectivity index (χ4v) is 3.89. The molecule has 2 aromatic carbocycles. The van der Waals surface area contributed by atoms with E-state index in [1.165, 1.54) is 5.56 Å². The Hall–Kier alpha value is -1.98. The molecule has 26 heavy (non-hydrogen) atoms. The van der Waals surface area contributed by atoms with E-state index in [0.717, 1.165) is 32.6 Å². The fourth-order valence-electron chi connectivity index (χ4n) is 2.59. The molecule has 0 fully saturated rings. The van der Waals surface area contributed by atoms with E-state index in [1.54, 1.807) is 11.3 Å². The largest absolute Gasteiger partial charge is 0.258 e. The molecule has 3 rings (SSSR count). The van der Waals surface area contributed by atoms with Gasteiger partial charge in [-0.25, -0.2) is 4.68 Å². The van der Waals surface area contributed by atoms with E-state index < -0.39 is 0 Å². The minimum atomic E-state index is 0.533. The maximum atomic E-state index is 4.73. The Balaban J connectivity index is 2.00. The lowest BCUT2D eigenvalue weighted by Gasteiger charge is -2.06. The molecule has 0 spiro atoms. The number of benzene rings is 2. The van der Waals surface area contributed by atoms with Gasteiger partial charge in [0.2, 0.25) is 4.80 Å². The number of nitrogens with zero attached hydrogens (tertiary/aromatic N) is 3. The van der Waals surface area contributed by atoms with Gasteiger partial charge in [-0.1, -0.05) is 66.2 Å². The van der Waals surface area contributed by atoms with Gasteiger partial charge in [0, 0.05) is 22.0 Å². The van der Waals surface area contributed by atoms with E-state index in [4.69, 9.17) is 5.10 Å². The number of halogens is 1. The van der Waals surface area contributed by atoms with E-state index >= 15 is 0 Å². The molecule has 134 valence electrons. The lowest BCUT2D eigenvalue weighted by molar-refractivity contribution is 0.833. The highest BCUT2D eigenvalue weighted by atomic mass is 79.9. The van der Waals surface area contributed by atoms with Crippen LogP contribution in [0.4, 0.5) is 0 Å². The van der Waals surface area contributed by atoms with Gasteiger partial charge in [-0.3, -0.25) is 4.99 Å². The summed E-state index contributed by atoms with van der Waals surface area (Å²) in [5, 5.41) is 6.84. The minimum absolute atomic E-state index is 0.533. The molecule has 0 N–H and O–H groups in total. The summed E-state index contributed by atoms with van der Waals surface area (Å²) < 4.78 is 2.97. The van der Waals surface area contributed by atoms with Crippen molar-refractivity contribution >= 4 is 33.5 Å². The fraction of sp³-hybridized carbons (Fsp3) is 0.238. The van der Waals surface area contributed by atoms with Crippen molar-refractivity contribution in [3.05, 3.63) is 74.3 Å². The molecule has 0 aliphatic rings. The van der Waals surface area contributed by atoms with E-state index in [0.29, 0.717) is 5.92 Å². The quantitative estimate of drug-likeness (QED) is 0.453. The first kappa shape index (κ1) is 18.8. The van der Waals surface area contributed by atoms with Crippen molar-refractivity contribution in [3.8, 4) is 11.3 Å². The number of hydrogen-bond donors (Lipinski definition) is 0. The Kier molecular flexibility index (Phi) is 6.22. The van der Waals surface area contributed by atoms with Crippen LogP contribution in [0, 0.1) is 0 Å². The standard InChI is InChI=1S/C21H22BrN3S/c1-4-23-21-25(20(14-26-21)18-6-5-7-19(22)12-18)24-13-16-8-10-17(11-9-16)15(2)3/h5-15H,4H2,1-3H3/b23-21?,24-13+. The molecule has 0 aliphatic heterocycles. The molecule has 0 radical (unpaired) electrons. The maximum Gasteiger partial charge on any atom is 0.206 e. The van der Waals surface area contributed by atoms with Crippen molar-refractivity contribution in [2.45, 2.75) is 26.7 Å². The van der Waals surface area contributed by atoms with Gasteiger partial charge in [-0.15, -0.1) is 11.3 Å². The lowest BCUT2D eigenvalue weighted by atomic mass is 10.0. The van der Waals surface area contributed by atoms with Gasteiger partial charge in [-0.05, 0) is 36.1 Å². The molecule has 1 aromatic heterocycles. The Labute approximate surface area is 166 Å². The van der Waals surface area contributed by atoms with Gasteiger partial charge in [-0.2, -0.15) is 5.10 Å². The number of hydrogen-bond acceptors (Lipinski definition) is 3. The average molecular weight is 428 g/mol. The molecule has 3 aromatic rings. The molecule has 5 heteroatoms. The second kappa shape index (κ2) is 8.60.